The summed E-state index contributed by atoms with van der Waals surface area (Å²) in [4.78, 5) is 6.41. The van der Waals surface area contributed by atoms with E-state index in [1.165, 1.54) is 16.6 Å². The van der Waals surface area contributed by atoms with Crippen LogP contribution in [0, 0.1) is 0 Å². The summed E-state index contributed by atoms with van der Waals surface area (Å²) in [5.74, 6) is 0.489. The number of rotatable bonds is 9. The van der Waals surface area contributed by atoms with E-state index in [-0.39, 0.29) is 42.0 Å². The molecule has 1 fully saturated rings. The summed E-state index contributed by atoms with van der Waals surface area (Å²) < 4.78 is 56.5. The Hall–Kier alpha value is -0.970. The fourth-order valence-corrected chi connectivity index (χ4v) is 4.69. The highest BCUT2D eigenvalue weighted by Crippen LogP contribution is 2.12. The van der Waals surface area contributed by atoms with Crippen molar-refractivity contribution in [3.05, 3.63) is 18.0 Å². The molecule has 2 N–H and O–H groups in total. The molecule has 0 bridgehead atoms. The van der Waals surface area contributed by atoms with Gasteiger partial charge in [0, 0.05) is 45.3 Å². The van der Waals surface area contributed by atoms with Crippen LogP contribution in [-0.2, 0) is 25.8 Å². The Morgan fingerprint density at radius 3 is 2.45 bits per heavy atom. The van der Waals surface area contributed by atoms with E-state index >= 15 is 0 Å². The molecule has 1 aromatic rings. The Bertz CT molecular complexity index is 837. The Kier molecular flexibility index (Phi) is 10.8. The predicted octanol–water partition coefficient (Wildman–Crippen LogP) is -0.355. The van der Waals surface area contributed by atoms with Crippen molar-refractivity contribution >= 4 is 50.0 Å². The molecular weight excluding hydrogens is 535 g/mol. The summed E-state index contributed by atoms with van der Waals surface area (Å²) in [7, 11) is -6.70. The SMILES string of the molecule is CCNC(=NCCNS(=O)(=O)CC)N1CCN(S(=O)(=O)Cc2ccon2)CC1.I. The molecule has 2 rings (SSSR count). The normalized spacial score (nSPS) is 16.5. The van der Waals surface area contributed by atoms with E-state index < -0.39 is 20.0 Å². The number of hydrogen-bond acceptors (Lipinski definition) is 7. The summed E-state index contributed by atoms with van der Waals surface area (Å²) in [5.41, 5.74) is 0.381. The molecule has 2 heterocycles. The largest absolute Gasteiger partial charge is 0.364 e. The molecule has 1 saturated heterocycles. The van der Waals surface area contributed by atoms with E-state index in [9.17, 15) is 16.8 Å². The van der Waals surface area contributed by atoms with Crippen LogP contribution in [0.4, 0.5) is 0 Å². The quantitative estimate of drug-likeness (QED) is 0.180. The highest BCUT2D eigenvalue weighted by Gasteiger charge is 2.28. The molecule has 168 valence electrons. The zero-order valence-corrected chi connectivity index (χ0v) is 20.5. The van der Waals surface area contributed by atoms with Gasteiger partial charge in [-0.25, -0.2) is 21.6 Å². The van der Waals surface area contributed by atoms with Gasteiger partial charge in [0.25, 0.3) is 0 Å². The van der Waals surface area contributed by atoms with Gasteiger partial charge in [0.15, 0.2) is 5.96 Å². The van der Waals surface area contributed by atoms with E-state index in [4.69, 9.17) is 4.52 Å². The number of nitrogens with one attached hydrogen (secondary N) is 2. The molecule has 0 radical (unpaired) electrons. The van der Waals surface area contributed by atoms with Gasteiger partial charge >= 0.3 is 0 Å². The second-order valence-corrected chi connectivity index (χ2v) is 10.2. The van der Waals surface area contributed by atoms with Crippen molar-refractivity contribution < 1.29 is 21.4 Å². The van der Waals surface area contributed by atoms with Crippen LogP contribution in [0.5, 0.6) is 0 Å². The molecule has 0 spiro atoms. The van der Waals surface area contributed by atoms with Gasteiger partial charge in [-0.05, 0) is 13.8 Å². The minimum Gasteiger partial charge on any atom is -0.364 e. The first kappa shape index (κ1) is 26.1. The maximum atomic E-state index is 12.5. The van der Waals surface area contributed by atoms with Crippen molar-refractivity contribution in [3.8, 4) is 0 Å². The van der Waals surface area contributed by atoms with Crippen molar-refractivity contribution in [2.75, 3.05) is 51.6 Å². The lowest BCUT2D eigenvalue weighted by atomic mass is 10.4. The minimum atomic E-state index is -3.46. The highest BCUT2D eigenvalue weighted by atomic mass is 127. The first-order valence-electron chi connectivity index (χ1n) is 9.15. The van der Waals surface area contributed by atoms with E-state index in [0.717, 1.165) is 0 Å². The topological polar surface area (TPSA) is 137 Å². The number of halogens is 1. The lowest BCUT2D eigenvalue weighted by Gasteiger charge is -2.35. The standard InChI is InChI=1S/C15H28N6O5S2.HI/c1-3-16-15(17-6-7-18-27(22,23)4-2)20-8-10-21(11-9-20)28(24,25)13-14-5-12-26-19-14;/h5,12,18H,3-4,6-11,13H2,1-2H3,(H,16,17);1H. The van der Waals surface area contributed by atoms with Crippen LogP contribution in [0.2, 0.25) is 0 Å². The first-order chi connectivity index (χ1) is 13.3. The molecule has 0 aliphatic carbocycles. The molecule has 0 atom stereocenters. The van der Waals surface area contributed by atoms with Crippen LogP contribution < -0.4 is 10.0 Å². The van der Waals surface area contributed by atoms with Gasteiger partial charge in [0.2, 0.25) is 20.0 Å². The minimum absolute atomic E-state index is 0. The molecule has 0 unspecified atom stereocenters. The number of hydrogen-bond donors (Lipinski definition) is 2. The van der Waals surface area contributed by atoms with E-state index in [2.05, 4.69) is 20.2 Å². The number of sulfonamides is 2. The van der Waals surface area contributed by atoms with Gasteiger partial charge in [-0.15, -0.1) is 24.0 Å². The molecule has 11 nitrogen and oxygen atoms in total. The van der Waals surface area contributed by atoms with Gasteiger partial charge in [-0.1, -0.05) is 5.16 Å². The zero-order chi connectivity index (χ0) is 20.6. The molecule has 0 aromatic carbocycles. The van der Waals surface area contributed by atoms with Crippen LogP contribution in [-0.4, -0.2) is 88.7 Å². The second-order valence-electron chi connectivity index (χ2n) is 6.17. The third-order valence-corrected chi connectivity index (χ3v) is 7.38. The first-order valence-corrected chi connectivity index (χ1v) is 12.4. The smallest absolute Gasteiger partial charge is 0.220 e. The van der Waals surface area contributed by atoms with Gasteiger partial charge < -0.3 is 14.7 Å². The van der Waals surface area contributed by atoms with E-state index in [1.807, 2.05) is 11.8 Å². The third kappa shape index (κ3) is 8.35. The Morgan fingerprint density at radius 2 is 1.90 bits per heavy atom. The Morgan fingerprint density at radius 1 is 1.21 bits per heavy atom. The average Bonchev–Trinajstić information content (AvgIpc) is 3.16. The predicted molar refractivity (Wildman–Crippen MR) is 121 cm³/mol. The van der Waals surface area contributed by atoms with Gasteiger partial charge in [-0.2, -0.15) is 4.31 Å². The fourth-order valence-electron chi connectivity index (χ4n) is 2.66. The lowest BCUT2D eigenvalue weighted by molar-refractivity contribution is 0.260. The molecule has 1 aromatic heterocycles. The summed E-state index contributed by atoms with van der Waals surface area (Å²) in [5, 5.41) is 6.82. The monoisotopic (exact) mass is 564 g/mol. The summed E-state index contributed by atoms with van der Waals surface area (Å²) in [6.07, 6.45) is 1.35. The molecule has 1 aliphatic rings. The number of piperazine rings is 1. The van der Waals surface area contributed by atoms with E-state index in [0.29, 0.717) is 50.9 Å². The van der Waals surface area contributed by atoms with Crippen LogP contribution in [0.3, 0.4) is 0 Å². The van der Waals surface area contributed by atoms with E-state index in [1.54, 1.807) is 6.92 Å². The van der Waals surface area contributed by atoms with Crippen molar-refractivity contribution in [1.29, 1.82) is 0 Å². The molecule has 0 saturated carbocycles. The van der Waals surface area contributed by atoms with Crippen LogP contribution in [0.15, 0.2) is 21.8 Å². The number of aromatic nitrogens is 1. The maximum absolute atomic E-state index is 12.5. The zero-order valence-electron chi connectivity index (χ0n) is 16.6. The molecule has 0 amide bonds. The summed E-state index contributed by atoms with van der Waals surface area (Å²) >= 11 is 0. The lowest BCUT2D eigenvalue weighted by Crippen LogP contribution is -2.54. The summed E-state index contributed by atoms with van der Waals surface area (Å²) in [6.45, 7) is 6.35. The van der Waals surface area contributed by atoms with Gasteiger partial charge in [0.1, 0.15) is 12.0 Å². The van der Waals surface area contributed by atoms with Crippen LogP contribution in [0.1, 0.15) is 19.5 Å². The molecule has 29 heavy (non-hydrogen) atoms. The molecular formula is C15H29IN6O5S2. The van der Waals surface area contributed by atoms with Crippen LogP contribution >= 0.6 is 24.0 Å². The number of aliphatic imine (C=N–C) groups is 1. The van der Waals surface area contributed by atoms with Crippen molar-refractivity contribution in [2.24, 2.45) is 4.99 Å². The summed E-state index contributed by atoms with van der Waals surface area (Å²) in [6, 6.07) is 1.54. The van der Waals surface area contributed by atoms with Crippen LogP contribution in [0.25, 0.3) is 0 Å². The Balaban J connectivity index is 0.00000420. The number of nitrogens with zero attached hydrogens (tertiary/aromatic N) is 4. The number of guanidine groups is 1. The maximum Gasteiger partial charge on any atom is 0.220 e. The second kappa shape index (κ2) is 12.0. The molecule has 14 heteroatoms. The Labute approximate surface area is 189 Å². The van der Waals surface area contributed by atoms with Gasteiger partial charge in [0.05, 0.1) is 18.0 Å². The highest BCUT2D eigenvalue weighted by molar-refractivity contribution is 14.0. The van der Waals surface area contributed by atoms with Crippen molar-refractivity contribution in [1.82, 2.24) is 24.4 Å². The van der Waals surface area contributed by atoms with Gasteiger partial charge in [-0.3, -0.25) is 4.99 Å². The molecule has 1 aliphatic heterocycles. The van der Waals surface area contributed by atoms with Crippen molar-refractivity contribution in [2.45, 2.75) is 19.6 Å². The third-order valence-electron chi connectivity index (χ3n) is 4.16. The van der Waals surface area contributed by atoms with Crippen molar-refractivity contribution in [3.63, 3.8) is 0 Å². The average molecular weight is 564 g/mol. The fraction of sp³-hybridized carbons (Fsp3) is 0.733.